The maximum absolute atomic E-state index is 6.06. The van der Waals surface area contributed by atoms with Gasteiger partial charge in [-0.3, -0.25) is 0 Å². The van der Waals surface area contributed by atoms with Gasteiger partial charge in [-0.25, -0.2) is 4.68 Å². The second kappa shape index (κ2) is 5.62. The number of hydrogen-bond acceptors (Lipinski definition) is 3. The first-order chi connectivity index (χ1) is 8.22. The van der Waals surface area contributed by atoms with Crippen LogP contribution in [0.15, 0.2) is 28.9 Å². The van der Waals surface area contributed by atoms with Crippen molar-refractivity contribution in [3.05, 3.63) is 39.6 Å². The lowest BCUT2D eigenvalue weighted by Crippen LogP contribution is -2.15. The van der Waals surface area contributed by atoms with Crippen LogP contribution >= 0.6 is 27.5 Å². The van der Waals surface area contributed by atoms with E-state index in [2.05, 4.69) is 38.5 Å². The van der Waals surface area contributed by atoms with E-state index in [1.54, 1.807) is 10.9 Å². The number of hydrogen-bond donors (Lipinski definition) is 1. The topological polar surface area (TPSA) is 42.7 Å². The van der Waals surface area contributed by atoms with Crippen molar-refractivity contribution in [2.24, 2.45) is 0 Å². The molecule has 4 nitrogen and oxygen atoms in total. The van der Waals surface area contributed by atoms with Gasteiger partial charge in [-0.05, 0) is 40.7 Å². The molecule has 0 spiro atoms. The lowest BCUT2D eigenvalue weighted by molar-refractivity contribution is 0.672. The van der Waals surface area contributed by atoms with E-state index < -0.39 is 0 Å². The Labute approximate surface area is 113 Å². The molecular formula is C11H12BrClN4. The SMILES string of the molecule is CCNCc1cnnn1-c1ccc(Br)c(Cl)c1. The van der Waals surface area contributed by atoms with Crippen LogP contribution in [0.25, 0.3) is 5.69 Å². The smallest absolute Gasteiger partial charge is 0.0783 e. The Balaban J connectivity index is 2.32. The molecule has 0 unspecified atom stereocenters. The quantitative estimate of drug-likeness (QED) is 0.943. The van der Waals surface area contributed by atoms with E-state index in [-0.39, 0.29) is 0 Å². The Morgan fingerprint density at radius 2 is 2.29 bits per heavy atom. The molecule has 1 aromatic heterocycles. The average Bonchev–Trinajstić information content (AvgIpc) is 2.78. The fourth-order valence-electron chi connectivity index (χ4n) is 1.46. The minimum absolute atomic E-state index is 0.660. The van der Waals surface area contributed by atoms with Crippen LogP contribution in [-0.2, 0) is 6.54 Å². The fourth-order valence-corrected chi connectivity index (χ4v) is 1.89. The van der Waals surface area contributed by atoms with Crippen molar-refractivity contribution in [2.75, 3.05) is 6.54 Å². The Morgan fingerprint density at radius 3 is 3.00 bits per heavy atom. The highest BCUT2D eigenvalue weighted by Gasteiger charge is 2.07. The molecule has 90 valence electrons. The molecule has 0 fully saturated rings. The highest BCUT2D eigenvalue weighted by atomic mass is 79.9. The third-order valence-electron chi connectivity index (χ3n) is 2.32. The Hall–Kier alpha value is -0.910. The minimum atomic E-state index is 0.660. The van der Waals surface area contributed by atoms with E-state index in [1.165, 1.54) is 0 Å². The summed E-state index contributed by atoms with van der Waals surface area (Å²) < 4.78 is 2.65. The third kappa shape index (κ3) is 2.86. The van der Waals surface area contributed by atoms with Gasteiger partial charge in [0.2, 0.25) is 0 Å². The normalized spacial score (nSPS) is 10.8. The molecule has 1 aromatic carbocycles. The van der Waals surface area contributed by atoms with E-state index in [1.807, 2.05) is 18.2 Å². The summed E-state index contributed by atoms with van der Waals surface area (Å²) in [6.45, 7) is 3.70. The van der Waals surface area contributed by atoms with Gasteiger partial charge in [0.25, 0.3) is 0 Å². The maximum Gasteiger partial charge on any atom is 0.0783 e. The number of nitrogens with zero attached hydrogens (tertiary/aromatic N) is 3. The summed E-state index contributed by atoms with van der Waals surface area (Å²) in [5.74, 6) is 0. The predicted molar refractivity (Wildman–Crippen MR) is 71.4 cm³/mol. The molecule has 0 aliphatic heterocycles. The van der Waals surface area contributed by atoms with Crippen molar-refractivity contribution >= 4 is 27.5 Å². The van der Waals surface area contributed by atoms with E-state index in [9.17, 15) is 0 Å². The van der Waals surface area contributed by atoms with Crippen molar-refractivity contribution in [3.63, 3.8) is 0 Å². The molecule has 0 aliphatic rings. The zero-order valence-electron chi connectivity index (χ0n) is 9.32. The van der Waals surface area contributed by atoms with Crippen molar-refractivity contribution in [1.29, 1.82) is 0 Å². The van der Waals surface area contributed by atoms with Crippen LogP contribution in [0.1, 0.15) is 12.6 Å². The largest absolute Gasteiger partial charge is 0.311 e. The van der Waals surface area contributed by atoms with Gasteiger partial charge in [0.1, 0.15) is 0 Å². The molecule has 0 aliphatic carbocycles. The molecule has 1 N–H and O–H groups in total. The number of nitrogens with one attached hydrogen (secondary N) is 1. The second-order valence-electron chi connectivity index (χ2n) is 3.52. The molecule has 0 saturated heterocycles. The number of benzene rings is 1. The number of rotatable bonds is 4. The maximum atomic E-state index is 6.06. The van der Waals surface area contributed by atoms with Crippen LogP contribution in [-0.4, -0.2) is 21.5 Å². The highest BCUT2D eigenvalue weighted by Crippen LogP contribution is 2.25. The van der Waals surface area contributed by atoms with Crippen molar-refractivity contribution in [3.8, 4) is 5.69 Å². The number of aromatic nitrogens is 3. The Kier molecular flexibility index (Phi) is 4.15. The fraction of sp³-hybridized carbons (Fsp3) is 0.273. The summed E-state index contributed by atoms with van der Waals surface area (Å²) in [5, 5.41) is 11.9. The zero-order chi connectivity index (χ0) is 12.3. The second-order valence-corrected chi connectivity index (χ2v) is 4.78. The van der Waals surface area contributed by atoms with Crippen LogP contribution in [0.3, 0.4) is 0 Å². The van der Waals surface area contributed by atoms with Gasteiger partial charge in [0.05, 0.1) is 22.6 Å². The van der Waals surface area contributed by atoms with Gasteiger partial charge in [-0.2, -0.15) is 0 Å². The van der Waals surface area contributed by atoms with Crippen LogP contribution in [0.4, 0.5) is 0 Å². The molecule has 0 radical (unpaired) electrons. The molecule has 0 saturated carbocycles. The first-order valence-electron chi connectivity index (χ1n) is 5.28. The summed E-state index contributed by atoms with van der Waals surface area (Å²) in [7, 11) is 0. The summed E-state index contributed by atoms with van der Waals surface area (Å²) in [6.07, 6.45) is 1.75. The minimum Gasteiger partial charge on any atom is -0.311 e. The third-order valence-corrected chi connectivity index (χ3v) is 3.56. The molecule has 0 amide bonds. The van der Waals surface area contributed by atoms with Crippen molar-refractivity contribution < 1.29 is 0 Å². The molecule has 0 bridgehead atoms. The molecule has 6 heteroatoms. The van der Waals surface area contributed by atoms with Gasteiger partial charge < -0.3 is 5.32 Å². The average molecular weight is 316 g/mol. The van der Waals surface area contributed by atoms with Gasteiger partial charge in [0.15, 0.2) is 0 Å². The summed E-state index contributed by atoms with van der Waals surface area (Å²) >= 11 is 9.43. The summed E-state index contributed by atoms with van der Waals surface area (Å²) in [5.41, 5.74) is 1.91. The highest BCUT2D eigenvalue weighted by molar-refractivity contribution is 9.10. The van der Waals surface area contributed by atoms with E-state index in [0.717, 1.165) is 28.9 Å². The summed E-state index contributed by atoms with van der Waals surface area (Å²) in [4.78, 5) is 0. The monoisotopic (exact) mass is 314 g/mol. The number of halogens is 2. The first kappa shape index (κ1) is 12.5. The van der Waals surface area contributed by atoms with Crippen LogP contribution in [0.2, 0.25) is 5.02 Å². The molecule has 17 heavy (non-hydrogen) atoms. The standard InChI is InChI=1S/C11H12BrClN4/c1-2-14-6-9-7-15-16-17(9)8-3-4-10(12)11(13)5-8/h3-5,7,14H,2,6H2,1H3. The molecule has 2 aromatic rings. The molecule has 0 atom stereocenters. The Bertz CT molecular complexity index is 512. The summed E-state index contributed by atoms with van der Waals surface area (Å²) in [6, 6.07) is 5.70. The van der Waals surface area contributed by atoms with E-state index >= 15 is 0 Å². The van der Waals surface area contributed by atoms with E-state index in [0.29, 0.717) is 5.02 Å². The molecule has 1 heterocycles. The van der Waals surface area contributed by atoms with Gasteiger partial charge in [-0.1, -0.05) is 23.7 Å². The van der Waals surface area contributed by atoms with Crippen LogP contribution in [0, 0.1) is 0 Å². The van der Waals surface area contributed by atoms with Crippen molar-refractivity contribution in [1.82, 2.24) is 20.3 Å². The van der Waals surface area contributed by atoms with Crippen LogP contribution in [0.5, 0.6) is 0 Å². The van der Waals surface area contributed by atoms with Crippen LogP contribution < -0.4 is 5.32 Å². The lowest BCUT2D eigenvalue weighted by atomic mass is 10.3. The van der Waals surface area contributed by atoms with Crippen molar-refractivity contribution in [2.45, 2.75) is 13.5 Å². The Morgan fingerprint density at radius 1 is 1.47 bits per heavy atom. The predicted octanol–water partition coefficient (Wildman–Crippen LogP) is 2.79. The van der Waals surface area contributed by atoms with Gasteiger partial charge >= 0.3 is 0 Å². The van der Waals surface area contributed by atoms with Gasteiger partial charge in [0, 0.05) is 11.0 Å². The lowest BCUT2D eigenvalue weighted by Gasteiger charge is -2.07. The van der Waals surface area contributed by atoms with E-state index in [4.69, 9.17) is 11.6 Å². The molecule has 2 rings (SSSR count). The van der Waals surface area contributed by atoms with Gasteiger partial charge in [-0.15, -0.1) is 5.10 Å². The molecular weight excluding hydrogens is 304 g/mol. The first-order valence-corrected chi connectivity index (χ1v) is 6.45. The zero-order valence-corrected chi connectivity index (χ0v) is 11.7.